The first-order valence-electron chi connectivity index (χ1n) is 9.74. The van der Waals surface area contributed by atoms with E-state index in [9.17, 15) is 14.7 Å². The van der Waals surface area contributed by atoms with Crippen LogP contribution in [0.4, 0.5) is 0 Å². The molecule has 0 saturated carbocycles. The van der Waals surface area contributed by atoms with Crippen molar-refractivity contribution < 1.29 is 19.4 Å². The molecule has 1 N–H and O–H groups in total. The van der Waals surface area contributed by atoms with Crippen LogP contribution in [-0.2, 0) is 9.53 Å². The van der Waals surface area contributed by atoms with E-state index < -0.39 is 6.10 Å². The van der Waals surface area contributed by atoms with Crippen molar-refractivity contribution in [3.63, 3.8) is 0 Å². The minimum Gasteiger partial charge on any atom is -0.465 e. The lowest BCUT2D eigenvalue weighted by Gasteiger charge is -2.20. The Hall–Kier alpha value is -2.54. The van der Waals surface area contributed by atoms with Gasteiger partial charge in [-0.15, -0.1) is 23.2 Å². The summed E-state index contributed by atoms with van der Waals surface area (Å²) in [5.74, 6) is 11.8. The molecule has 0 radical (unpaired) electrons. The zero-order valence-corrected chi connectivity index (χ0v) is 17.9. The number of methoxy groups -OCH3 is 1. The third-order valence-electron chi connectivity index (χ3n) is 4.67. The molecule has 3 atom stereocenters. The molecule has 1 aromatic heterocycles. The zero-order valence-electron chi connectivity index (χ0n) is 17.1. The van der Waals surface area contributed by atoms with Gasteiger partial charge in [-0.05, 0) is 24.5 Å². The predicted molar refractivity (Wildman–Crippen MR) is 114 cm³/mol. The molecule has 1 saturated heterocycles. The number of carbonyl (C=O) groups excluding carboxylic acids is 2. The van der Waals surface area contributed by atoms with Crippen molar-refractivity contribution >= 4 is 23.2 Å². The van der Waals surface area contributed by atoms with Gasteiger partial charge < -0.3 is 14.7 Å². The molecule has 0 aromatic carbocycles. The molecule has 5 nitrogen and oxygen atoms in total. The molecule has 2 rings (SSSR count). The lowest BCUT2D eigenvalue weighted by atomic mass is 10.00. The molecule has 1 amide bonds. The van der Waals surface area contributed by atoms with Crippen LogP contribution >= 0.6 is 11.3 Å². The summed E-state index contributed by atoms with van der Waals surface area (Å²) >= 11 is 1.27. The van der Waals surface area contributed by atoms with Gasteiger partial charge in [-0.2, -0.15) is 0 Å². The van der Waals surface area contributed by atoms with Crippen LogP contribution in [0.3, 0.4) is 0 Å². The van der Waals surface area contributed by atoms with Crippen LogP contribution in [0.25, 0.3) is 0 Å². The molecule has 1 aromatic rings. The van der Waals surface area contributed by atoms with E-state index in [4.69, 9.17) is 0 Å². The molecule has 1 fully saturated rings. The molecule has 0 aliphatic carbocycles. The molecular formula is C23H27NO4S. The lowest BCUT2D eigenvalue weighted by molar-refractivity contribution is -0.127. The number of aliphatic hydroxyl groups is 1. The van der Waals surface area contributed by atoms with Crippen LogP contribution in [0.1, 0.15) is 54.1 Å². The molecular weight excluding hydrogens is 386 g/mol. The van der Waals surface area contributed by atoms with Crippen molar-refractivity contribution in [2.75, 3.05) is 13.7 Å². The van der Waals surface area contributed by atoms with E-state index in [-0.39, 0.29) is 23.8 Å². The van der Waals surface area contributed by atoms with E-state index in [0.717, 1.165) is 17.7 Å². The van der Waals surface area contributed by atoms with Gasteiger partial charge >= 0.3 is 5.97 Å². The smallest absolute Gasteiger partial charge is 0.348 e. The number of likely N-dealkylation sites (tertiary alicyclic amines) is 1. The Balaban J connectivity index is 1.95. The van der Waals surface area contributed by atoms with Gasteiger partial charge in [0.15, 0.2) is 0 Å². The number of thiophene rings is 1. The summed E-state index contributed by atoms with van der Waals surface area (Å²) in [6.07, 6.45) is 5.74. The van der Waals surface area contributed by atoms with Crippen LogP contribution in [0.5, 0.6) is 0 Å². The number of aliphatic hydroxyl groups excluding tert-OH is 1. The zero-order chi connectivity index (χ0) is 21.2. The standard InChI is InChI=1S/C23H27NO4S/c1-4-5-6-8-17(2)20(25)13-10-18-11-15-22(26)24(18)16-7-9-19-12-14-21(29-19)23(27)28-3/h10,12-14,17-18,20,25H,4,8,11,15-16H2,1-3H3/t17-,18-,20+/m0/s1. The van der Waals surface area contributed by atoms with Crippen LogP contribution in [0.15, 0.2) is 24.3 Å². The minimum absolute atomic E-state index is 0.0403. The first kappa shape index (κ1) is 22.7. The van der Waals surface area contributed by atoms with Crippen LogP contribution < -0.4 is 0 Å². The van der Waals surface area contributed by atoms with Gasteiger partial charge in [0.05, 0.1) is 30.7 Å². The van der Waals surface area contributed by atoms with E-state index in [0.29, 0.717) is 24.3 Å². The van der Waals surface area contributed by atoms with E-state index in [2.05, 4.69) is 28.4 Å². The molecule has 154 valence electrons. The Morgan fingerprint density at radius 1 is 1.41 bits per heavy atom. The Morgan fingerprint density at radius 3 is 2.93 bits per heavy atom. The van der Waals surface area contributed by atoms with Crippen molar-refractivity contribution in [1.82, 2.24) is 4.90 Å². The number of esters is 1. The highest BCUT2D eigenvalue weighted by Gasteiger charge is 2.28. The maximum atomic E-state index is 12.2. The second-order valence-electron chi connectivity index (χ2n) is 6.85. The maximum absolute atomic E-state index is 12.2. The molecule has 0 bridgehead atoms. The quantitative estimate of drug-likeness (QED) is 0.442. The third-order valence-corrected chi connectivity index (χ3v) is 5.65. The topological polar surface area (TPSA) is 66.8 Å². The summed E-state index contributed by atoms with van der Waals surface area (Å²) in [6.45, 7) is 4.28. The molecule has 6 heteroatoms. The largest absolute Gasteiger partial charge is 0.465 e. The Bertz CT molecular complexity index is 865. The normalized spacial score (nSPS) is 18.0. The fourth-order valence-corrected chi connectivity index (χ4v) is 3.70. The Labute approximate surface area is 176 Å². The molecule has 29 heavy (non-hydrogen) atoms. The average molecular weight is 414 g/mol. The summed E-state index contributed by atoms with van der Waals surface area (Å²) in [4.78, 5) is 26.7. The summed E-state index contributed by atoms with van der Waals surface area (Å²) in [6, 6.07) is 3.39. The van der Waals surface area contributed by atoms with Crippen molar-refractivity contribution in [3.8, 4) is 23.7 Å². The monoisotopic (exact) mass is 413 g/mol. The molecule has 0 spiro atoms. The van der Waals surface area contributed by atoms with Gasteiger partial charge in [0, 0.05) is 19.3 Å². The van der Waals surface area contributed by atoms with Crippen LogP contribution in [0.2, 0.25) is 0 Å². The molecule has 1 aliphatic heterocycles. The number of carbonyl (C=O) groups is 2. The van der Waals surface area contributed by atoms with E-state index in [1.807, 2.05) is 19.9 Å². The van der Waals surface area contributed by atoms with Crippen molar-refractivity contribution in [2.24, 2.45) is 5.92 Å². The van der Waals surface area contributed by atoms with Crippen molar-refractivity contribution in [2.45, 2.75) is 51.7 Å². The number of ether oxygens (including phenoxy) is 1. The van der Waals surface area contributed by atoms with Gasteiger partial charge in [-0.3, -0.25) is 4.79 Å². The number of hydrogen-bond donors (Lipinski definition) is 1. The number of hydrogen-bond acceptors (Lipinski definition) is 5. The number of amides is 1. The third kappa shape index (κ3) is 6.78. The van der Waals surface area contributed by atoms with Crippen molar-refractivity contribution in [3.05, 3.63) is 34.0 Å². The SMILES string of the molecule is CCC#CC[C@H](C)[C@H](O)C=C[C@H]1CCC(=O)N1CC#Cc1ccc(C(=O)OC)s1. The molecule has 1 aliphatic rings. The summed E-state index contributed by atoms with van der Waals surface area (Å²) in [5, 5.41) is 10.3. The first-order chi connectivity index (χ1) is 14.0. The van der Waals surface area contributed by atoms with E-state index in [1.54, 1.807) is 23.1 Å². The second-order valence-corrected chi connectivity index (χ2v) is 7.93. The summed E-state index contributed by atoms with van der Waals surface area (Å²) < 4.78 is 4.69. The number of nitrogens with zero attached hydrogens (tertiary/aromatic N) is 1. The Kier molecular flexibility index (Phi) is 8.99. The lowest BCUT2D eigenvalue weighted by Crippen LogP contribution is -2.32. The molecule has 2 heterocycles. The highest BCUT2D eigenvalue weighted by molar-refractivity contribution is 7.14. The first-order valence-corrected chi connectivity index (χ1v) is 10.6. The van der Waals surface area contributed by atoms with Gasteiger partial charge in [-0.1, -0.05) is 37.8 Å². The van der Waals surface area contributed by atoms with E-state index >= 15 is 0 Å². The number of rotatable bonds is 6. The van der Waals surface area contributed by atoms with Crippen LogP contribution in [-0.4, -0.2) is 47.7 Å². The van der Waals surface area contributed by atoms with Gasteiger partial charge in [-0.25, -0.2) is 4.79 Å². The van der Waals surface area contributed by atoms with E-state index in [1.165, 1.54) is 18.4 Å². The van der Waals surface area contributed by atoms with Gasteiger partial charge in [0.2, 0.25) is 5.91 Å². The highest BCUT2D eigenvalue weighted by Crippen LogP contribution is 2.21. The van der Waals surface area contributed by atoms with Crippen LogP contribution in [0, 0.1) is 29.6 Å². The fraction of sp³-hybridized carbons (Fsp3) is 0.478. The average Bonchev–Trinajstić information content (AvgIpc) is 3.33. The van der Waals surface area contributed by atoms with Gasteiger partial charge in [0.25, 0.3) is 0 Å². The Morgan fingerprint density at radius 2 is 2.21 bits per heavy atom. The second kappa shape index (κ2) is 11.5. The molecule has 0 unspecified atom stereocenters. The summed E-state index contributed by atoms with van der Waals surface area (Å²) in [5.41, 5.74) is 0. The highest BCUT2D eigenvalue weighted by atomic mass is 32.1. The fourth-order valence-electron chi connectivity index (χ4n) is 2.90. The van der Waals surface area contributed by atoms with Crippen molar-refractivity contribution in [1.29, 1.82) is 0 Å². The maximum Gasteiger partial charge on any atom is 0.348 e. The summed E-state index contributed by atoms with van der Waals surface area (Å²) in [7, 11) is 1.34. The van der Waals surface area contributed by atoms with Gasteiger partial charge in [0.1, 0.15) is 4.88 Å². The minimum atomic E-state index is -0.590. The predicted octanol–water partition coefficient (Wildman–Crippen LogP) is 3.23.